The first-order valence-electron chi connectivity index (χ1n) is 11.6. The average Bonchev–Trinajstić information content (AvgIpc) is 3.11. The van der Waals surface area contributed by atoms with Gasteiger partial charge in [0.15, 0.2) is 5.75 Å². The average molecular weight is 537 g/mol. The molecular weight excluding hydrogens is 501 g/mol. The minimum absolute atomic E-state index is 0.0403. The summed E-state index contributed by atoms with van der Waals surface area (Å²) < 4.78 is 74.4. The standard InChI is InChI=1S/C24H35F3N2O6S/c1-22(2,3)34-20(30)19(17-10-11-29(14-17)21(31)35-23(4,5)6)13-16-8-7-9-18(12-16)28-36(32,33)15-24(25,26)27/h7-9,12,17,19,28H,10-11,13-15H2,1-6H3/t17-,19-/m0/s1. The summed E-state index contributed by atoms with van der Waals surface area (Å²) in [5.74, 6) is -3.40. The molecule has 0 aromatic heterocycles. The molecule has 1 aromatic rings. The van der Waals surface area contributed by atoms with Crippen molar-refractivity contribution >= 4 is 27.8 Å². The van der Waals surface area contributed by atoms with Crippen LogP contribution in [-0.2, 0) is 30.7 Å². The van der Waals surface area contributed by atoms with Crippen LogP contribution in [0.1, 0.15) is 53.5 Å². The number of anilines is 1. The zero-order valence-corrected chi connectivity index (χ0v) is 22.3. The molecular formula is C24H35F3N2O6S. The van der Waals surface area contributed by atoms with Crippen LogP contribution in [0.15, 0.2) is 24.3 Å². The predicted molar refractivity (Wildman–Crippen MR) is 129 cm³/mol. The Bertz CT molecular complexity index is 1050. The molecule has 0 radical (unpaired) electrons. The molecule has 0 saturated carbocycles. The van der Waals surface area contributed by atoms with Gasteiger partial charge in [-0.3, -0.25) is 9.52 Å². The van der Waals surface area contributed by atoms with Crippen molar-refractivity contribution in [2.45, 2.75) is 71.8 Å². The van der Waals surface area contributed by atoms with Crippen molar-refractivity contribution in [1.82, 2.24) is 4.90 Å². The number of halogens is 3. The lowest BCUT2D eigenvalue weighted by Crippen LogP contribution is -2.38. The number of esters is 1. The molecule has 36 heavy (non-hydrogen) atoms. The molecule has 1 aromatic carbocycles. The van der Waals surface area contributed by atoms with Crippen molar-refractivity contribution in [2.24, 2.45) is 11.8 Å². The number of amides is 1. The van der Waals surface area contributed by atoms with Crippen LogP contribution in [0.5, 0.6) is 0 Å². The third kappa shape index (κ3) is 10.2. The summed E-state index contributed by atoms with van der Waals surface area (Å²) in [5, 5.41) is 0. The number of carbonyl (C=O) groups is 2. The van der Waals surface area contributed by atoms with Gasteiger partial charge in [0.05, 0.1) is 5.92 Å². The van der Waals surface area contributed by atoms with Gasteiger partial charge in [-0.15, -0.1) is 0 Å². The zero-order valence-electron chi connectivity index (χ0n) is 21.4. The quantitative estimate of drug-likeness (QED) is 0.505. The van der Waals surface area contributed by atoms with Gasteiger partial charge < -0.3 is 14.4 Å². The number of carbonyl (C=O) groups excluding carboxylic acids is 2. The Labute approximate surface area is 210 Å². The van der Waals surface area contributed by atoms with Gasteiger partial charge in [-0.25, -0.2) is 13.2 Å². The summed E-state index contributed by atoms with van der Waals surface area (Å²) >= 11 is 0. The SMILES string of the molecule is CC(C)(C)OC(=O)[C@@H](Cc1cccc(NS(=O)(=O)CC(F)(F)F)c1)[C@H]1CCN(C(=O)OC(C)(C)C)C1. The van der Waals surface area contributed by atoms with Crippen molar-refractivity contribution in [2.75, 3.05) is 23.6 Å². The molecule has 1 heterocycles. The van der Waals surface area contributed by atoms with E-state index >= 15 is 0 Å². The van der Waals surface area contributed by atoms with Crippen LogP contribution in [0.3, 0.4) is 0 Å². The molecule has 1 aliphatic heterocycles. The van der Waals surface area contributed by atoms with Gasteiger partial charge in [-0.1, -0.05) is 12.1 Å². The highest BCUT2D eigenvalue weighted by molar-refractivity contribution is 7.92. The largest absolute Gasteiger partial charge is 0.460 e. The van der Waals surface area contributed by atoms with E-state index < -0.39 is 51.1 Å². The van der Waals surface area contributed by atoms with Crippen molar-refractivity contribution in [3.8, 4) is 0 Å². The Morgan fingerprint density at radius 1 is 1.08 bits per heavy atom. The lowest BCUT2D eigenvalue weighted by atomic mass is 9.86. The van der Waals surface area contributed by atoms with E-state index in [0.717, 1.165) is 0 Å². The molecule has 12 heteroatoms. The van der Waals surface area contributed by atoms with Crippen LogP contribution >= 0.6 is 0 Å². The summed E-state index contributed by atoms with van der Waals surface area (Å²) in [7, 11) is -4.65. The van der Waals surface area contributed by atoms with Crippen LogP contribution in [0.25, 0.3) is 0 Å². The highest BCUT2D eigenvalue weighted by Gasteiger charge is 2.39. The molecule has 1 amide bonds. The van der Waals surface area contributed by atoms with Crippen molar-refractivity contribution in [1.29, 1.82) is 0 Å². The van der Waals surface area contributed by atoms with E-state index in [-0.39, 0.29) is 24.6 Å². The first-order chi connectivity index (χ1) is 16.2. The van der Waals surface area contributed by atoms with Crippen LogP contribution in [-0.4, -0.2) is 61.6 Å². The molecule has 2 atom stereocenters. The number of ether oxygens (including phenoxy) is 2. The Kier molecular flexibility index (Phi) is 8.97. The Hall–Kier alpha value is -2.50. The van der Waals surface area contributed by atoms with Crippen LogP contribution in [0.2, 0.25) is 0 Å². The van der Waals surface area contributed by atoms with Gasteiger partial charge in [0.2, 0.25) is 10.0 Å². The molecule has 204 valence electrons. The minimum Gasteiger partial charge on any atom is -0.460 e. The van der Waals surface area contributed by atoms with Gasteiger partial charge in [0.1, 0.15) is 11.2 Å². The third-order valence-corrected chi connectivity index (χ3v) is 6.42. The van der Waals surface area contributed by atoms with Crippen molar-refractivity contribution in [3.05, 3.63) is 29.8 Å². The number of hydrogen-bond donors (Lipinski definition) is 1. The normalized spacial score (nSPS) is 18.0. The van der Waals surface area contributed by atoms with Crippen LogP contribution < -0.4 is 4.72 Å². The molecule has 0 aliphatic carbocycles. The second kappa shape index (κ2) is 10.9. The summed E-state index contributed by atoms with van der Waals surface area (Å²) in [4.78, 5) is 27.2. The fourth-order valence-corrected chi connectivity index (χ4v) is 4.86. The van der Waals surface area contributed by atoms with Gasteiger partial charge in [0.25, 0.3) is 0 Å². The first kappa shape index (κ1) is 29.7. The van der Waals surface area contributed by atoms with E-state index in [0.29, 0.717) is 18.5 Å². The van der Waals surface area contributed by atoms with Gasteiger partial charge in [-0.05, 0) is 78.0 Å². The number of hydrogen-bond acceptors (Lipinski definition) is 6. The van der Waals surface area contributed by atoms with Gasteiger partial charge in [0, 0.05) is 18.8 Å². The second-order valence-corrected chi connectivity index (χ2v) is 12.7. The fourth-order valence-electron chi connectivity index (χ4n) is 3.87. The summed E-state index contributed by atoms with van der Waals surface area (Å²) in [6.07, 6.45) is -4.68. The van der Waals surface area contributed by atoms with E-state index in [1.807, 2.05) is 4.72 Å². The molecule has 1 N–H and O–H groups in total. The van der Waals surface area contributed by atoms with Gasteiger partial charge in [-0.2, -0.15) is 13.2 Å². The zero-order chi connectivity index (χ0) is 27.5. The van der Waals surface area contributed by atoms with Gasteiger partial charge >= 0.3 is 18.2 Å². The molecule has 1 aliphatic rings. The van der Waals surface area contributed by atoms with E-state index in [1.54, 1.807) is 47.6 Å². The summed E-state index contributed by atoms with van der Waals surface area (Å²) in [6, 6.07) is 5.87. The van der Waals surface area contributed by atoms with E-state index in [4.69, 9.17) is 9.47 Å². The highest BCUT2D eigenvalue weighted by Crippen LogP contribution is 2.31. The predicted octanol–water partition coefficient (Wildman–Crippen LogP) is 4.75. The number of sulfonamides is 1. The summed E-state index contributed by atoms with van der Waals surface area (Å²) in [6.45, 7) is 11.2. The fraction of sp³-hybridized carbons (Fsp3) is 0.667. The highest BCUT2D eigenvalue weighted by atomic mass is 32.2. The Morgan fingerprint density at radius 2 is 1.69 bits per heavy atom. The number of nitrogens with one attached hydrogen (secondary N) is 1. The smallest absolute Gasteiger partial charge is 0.410 e. The first-order valence-corrected chi connectivity index (χ1v) is 13.3. The lowest BCUT2D eigenvalue weighted by molar-refractivity contribution is -0.162. The molecule has 0 spiro atoms. The maximum absolute atomic E-state index is 13.1. The second-order valence-electron chi connectivity index (χ2n) is 11.0. The van der Waals surface area contributed by atoms with Crippen molar-refractivity contribution in [3.63, 3.8) is 0 Å². The molecule has 1 saturated heterocycles. The number of benzene rings is 1. The van der Waals surface area contributed by atoms with Crippen molar-refractivity contribution < 1.29 is 40.7 Å². The lowest BCUT2D eigenvalue weighted by Gasteiger charge is -2.28. The molecule has 0 unspecified atom stereocenters. The number of alkyl halides is 3. The monoisotopic (exact) mass is 536 g/mol. The molecule has 0 bridgehead atoms. The number of likely N-dealkylation sites (tertiary alicyclic amines) is 1. The topological polar surface area (TPSA) is 102 Å². The number of rotatable bonds is 7. The maximum Gasteiger partial charge on any atom is 0.410 e. The Morgan fingerprint density at radius 3 is 2.25 bits per heavy atom. The van der Waals surface area contributed by atoms with E-state index in [9.17, 15) is 31.2 Å². The Balaban J connectivity index is 2.23. The summed E-state index contributed by atoms with van der Waals surface area (Å²) in [5.41, 5.74) is -0.927. The van der Waals surface area contributed by atoms with E-state index in [1.165, 1.54) is 23.1 Å². The van der Waals surface area contributed by atoms with E-state index in [2.05, 4.69) is 0 Å². The molecule has 8 nitrogen and oxygen atoms in total. The van der Waals surface area contributed by atoms with Crippen LogP contribution in [0.4, 0.5) is 23.7 Å². The molecule has 1 fully saturated rings. The molecule has 2 rings (SSSR count). The van der Waals surface area contributed by atoms with Crippen LogP contribution in [0, 0.1) is 11.8 Å². The third-order valence-electron chi connectivity index (χ3n) is 5.16. The maximum atomic E-state index is 13.1. The number of nitrogens with zero attached hydrogens (tertiary/aromatic N) is 1. The minimum atomic E-state index is -4.88.